The van der Waals surface area contributed by atoms with Crippen molar-refractivity contribution < 1.29 is 18.8 Å². The minimum Gasteiger partial charge on any atom is -0.457 e. The monoisotopic (exact) mass is 474 g/mol. The number of hydrogen-bond acceptors (Lipinski definition) is 4. The van der Waals surface area contributed by atoms with Gasteiger partial charge in [-0.2, -0.15) is 0 Å². The molecular formula is C22H13Cl3N2O4. The topological polar surface area (TPSA) is 79.6 Å². The summed E-state index contributed by atoms with van der Waals surface area (Å²) in [5.74, 6) is -0.934. The smallest absolute Gasteiger partial charge is 0.336 e. The van der Waals surface area contributed by atoms with Crippen LogP contribution in [-0.2, 0) is 9.59 Å². The summed E-state index contributed by atoms with van der Waals surface area (Å²) in [6.45, 7) is 1.91. The van der Waals surface area contributed by atoms with Crippen LogP contribution in [0.4, 0.5) is 10.5 Å². The first-order valence-electron chi connectivity index (χ1n) is 8.98. The van der Waals surface area contributed by atoms with Crippen LogP contribution in [0.5, 0.6) is 0 Å². The molecule has 0 aliphatic carbocycles. The van der Waals surface area contributed by atoms with Gasteiger partial charge < -0.3 is 4.42 Å². The number of nitrogens with one attached hydrogen (secondary N) is 1. The number of aryl methyl sites for hydroxylation is 1. The van der Waals surface area contributed by atoms with Gasteiger partial charge in [0.15, 0.2) is 0 Å². The molecule has 4 rings (SSSR count). The van der Waals surface area contributed by atoms with Crippen LogP contribution < -0.4 is 10.2 Å². The summed E-state index contributed by atoms with van der Waals surface area (Å²) in [5.41, 5.74) is 1.49. The summed E-state index contributed by atoms with van der Waals surface area (Å²) in [4.78, 5) is 38.5. The molecule has 4 amide bonds. The van der Waals surface area contributed by atoms with E-state index in [0.717, 1.165) is 16.0 Å². The molecule has 1 fully saturated rings. The van der Waals surface area contributed by atoms with E-state index < -0.39 is 17.8 Å². The van der Waals surface area contributed by atoms with E-state index in [1.807, 2.05) is 13.0 Å². The van der Waals surface area contributed by atoms with Crippen LogP contribution >= 0.6 is 34.8 Å². The molecular weight excluding hydrogens is 463 g/mol. The molecule has 1 saturated heterocycles. The molecule has 6 nitrogen and oxygen atoms in total. The summed E-state index contributed by atoms with van der Waals surface area (Å²) in [7, 11) is 0. The van der Waals surface area contributed by atoms with Crippen LogP contribution in [0.15, 0.2) is 58.5 Å². The number of carbonyl (C=O) groups excluding carboxylic acids is 3. The van der Waals surface area contributed by atoms with E-state index >= 15 is 0 Å². The highest BCUT2D eigenvalue weighted by molar-refractivity contribution is 6.46. The molecule has 156 valence electrons. The summed E-state index contributed by atoms with van der Waals surface area (Å²) in [6.07, 6.45) is 1.26. The Kier molecular flexibility index (Phi) is 5.62. The Balaban J connectivity index is 1.72. The summed E-state index contributed by atoms with van der Waals surface area (Å²) in [5, 5.41) is 2.85. The van der Waals surface area contributed by atoms with Gasteiger partial charge in [0, 0.05) is 10.6 Å². The zero-order chi connectivity index (χ0) is 22.3. The number of anilines is 1. The standard InChI is InChI=1S/C22H13Cl3N2O4/c1-11-5-6-12(23)9-14(11)18-8-7-13(31-18)10-15-20(28)26-22(30)27(21(15)29)17-4-2-3-16(24)19(17)25/h2-10H,1H3,(H,26,28,30)/b15-10+. The van der Waals surface area contributed by atoms with Gasteiger partial charge in [0.1, 0.15) is 17.1 Å². The van der Waals surface area contributed by atoms with Gasteiger partial charge in [0.25, 0.3) is 11.8 Å². The summed E-state index contributed by atoms with van der Waals surface area (Å²) in [6, 6.07) is 12.3. The molecule has 2 aromatic carbocycles. The molecule has 0 spiro atoms. The van der Waals surface area contributed by atoms with Gasteiger partial charge in [0.2, 0.25) is 0 Å². The normalized spacial score (nSPS) is 15.5. The van der Waals surface area contributed by atoms with Crippen LogP contribution in [-0.4, -0.2) is 17.8 Å². The van der Waals surface area contributed by atoms with Crippen LogP contribution in [0.1, 0.15) is 11.3 Å². The third-order valence-corrected chi connectivity index (χ3v) is 5.70. The lowest BCUT2D eigenvalue weighted by atomic mass is 10.1. The molecule has 0 unspecified atom stereocenters. The highest BCUT2D eigenvalue weighted by atomic mass is 35.5. The highest BCUT2D eigenvalue weighted by Crippen LogP contribution is 2.35. The largest absolute Gasteiger partial charge is 0.457 e. The van der Waals surface area contributed by atoms with E-state index in [1.165, 1.54) is 24.3 Å². The van der Waals surface area contributed by atoms with Crippen molar-refractivity contribution in [1.82, 2.24) is 5.32 Å². The van der Waals surface area contributed by atoms with Crippen molar-refractivity contribution in [2.75, 3.05) is 4.90 Å². The SMILES string of the molecule is Cc1ccc(Cl)cc1-c1ccc(/C=C2\C(=O)NC(=O)N(c3cccc(Cl)c3Cl)C2=O)o1. The number of rotatable bonds is 3. The number of hydrogen-bond donors (Lipinski definition) is 1. The number of barbiturate groups is 1. The number of nitrogens with zero attached hydrogens (tertiary/aromatic N) is 1. The fourth-order valence-electron chi connectivity index (χ4n) is 3.12. The van der Waals surface area contributed by atoms with Gasteiger partial charge in [-0.1, -0.05) is 46.9 Å². The molecule has 1 aliphatic rings. The minimum atomic E-state index is -0.925. The average molecular weight is 476 g/mol. The van der Waals surface area contributed by atoms with E-state index in [9.17, 15) is 14.4 Å². The first-order valence-corrected chi connectivity index (χ1v) is 10.1. The minimum absolute atomic E-state index is 0.0121. The molecule has 0 saturated carbocycles. The van der Waals surface area contributed by atoms with Crippen LogP contribution in [0.3, 0.4) is 0 Å². The molecule has 1 N–H and O–H groups in total. The van der Waals surface area contributed by atoms with E-state index in [1.54, 1.807) is 24.3 Å². The van der Waals surface area contributed by atoms with Gasteiger partial charge in [-0.15, -0.1) is 0 Å². The van der Waals surface area contributed by atoms with Crippen LogP contribution in [0, 0.1) is 6.92 Å². The number of amides is 4. The molecule has 9 heteroatoms. The van der Waals surface area contributed by atoms with Crippen molar-refractivity contribution in [2.24, 2.45) is 0 Å². The fraction of sp³-hybridized carbons (Fsp3) is 0.0455. The summed E-state index contributed by atoms with van der Waals surface area (Å²) >= 11 is 18.2. The molecule has 3 aromatic rings. The zero-order valence-electron chi connectivity index (χ0n) is 15.9. The molecule has 31 heavy (non-hydrogen) atoms. The number of furan rings is 1. The molecule has 0 radical (unpaired) electrons. The van der Waals surface area contributed by atoms with E-state index in [-0.39, 0.29) is 27.1 Å². The van der Waals surface area contributed by atoms with E-state index in [0.29, 0.717) is 10.8 Å². The lowest BCUT2D eigenvalue weighted by Gasteiger charge is -2.27. The van der Waals surface area contributed by atoms with Crippen molar-refractivity contribution >= 4 is 64.4 Å². The van der Waals surface area contributed by atoms with Crippen LogP contribution in [0.25, 0.3) is 17.4 Å². The Morgan fingerprint density at radius 3 is 2.55 bits per heavy atom. The van der Waals surface area contributed by atoms with Gasteiger partial charge in [-0.25, -0.2) is 9.69 Å². The van der Waals surface area contributed by atoms with Gasteiger partial charge in [-0.05, 0) is 55.0 Å². The summed E-state index contributed by atoms with van der Waals surface area (Å²) < 4.78 is 5.80. The maximum atomic E-state index is 13.0. The number of benzene rings is 2. The second-order valence-corrected chi connectivity index (χ2v) is 7.91. The maximum absolute atomic E-state index is 13.0. The maximum Gasteiger partial charge on any atom is 0.336 e. The predicted molar refractivity (Wildman–Crippen MR) is 119 cm³/mol. The second-order valence-electron chi connectivity index (χ2n) is 6.69. The molecule has 0 bridgehead atoms. The number of carbonyl (C=O) groups is 3. The Morgan fingerprint density at radius 1 is 1.00 bits per heavy atom. The molecule has 0 atom stereocenters. The first kappa shape index (κ1) is 21.2. The number of urea groups is 1. The lowest BCUT2D eigenvalue weighted by molar-refractivity contribution is -0.122. The van der Waals surface area contributed by atoms with Gasteiger partial charge >= 0.3 is 6.03 Å². The average Bonchev–Trinajstić information content (AvgIpc) is 3.18. The van der Waals surface area contributed by atoms with Gasteiger partial charge in [0.05, 0.1) is 15.7 Å². The van der Waals surface area contributed by atoms with Crippen LogP contribution in [0.2, 0.25) is 15.1 Å². The molecule has 2 heterocycles. The lowest BCUT2D eigenvalue weighted by Crippen LogP contribution is -2.54. The Morgan fingerprint density at radius 2 is 1.77 bits per heavy atom. The van der Waals surface area contributed by atoms with Crippen molar-refractivity contribution in [2.45, 2.75) is 6.92 Å². The quantitative estimate of drug-likeness (QED) is 0.379. The third kappa shape index (κ3) is 3.97. The third-order valence-electron chi connectivity index (χ3n) is 4.65. The van der Waals surface area contributed by atoms with Crippen molar-refractivity contribution in [3.05, 3.63) is 80.5 Å². The van der Waals surface area contributed by atoms with Crippen molar-refractivity contribution in [3.63, 3.8) is 0 Å². The van der Waals surface area contributed by atoms with Crippen molar-refractivity contribution in [3.8, 4) is 11.3 Å². The van der Waals surface area contributed by atoms with E-state index in [4.69, 9.17) is 39.2 Å². The predicted octanol–water partition coefficient (Wildman–Crippen LogP) is 5.88. The molecule has 1 aliphatic heterocycles. The number of imide groups is 2. The Labute approximate surface area is 192 Å². The second kappa shape index (κ2) is 8.23. The fourth-order valence-corrected chi connectivity index (χ4v) is 3.67. The highest BCUT2D eigenvalue weighted by Gasteiger charge is 2.38. The van der Waals surface area contributed by atoms with Crippen molar-refractivity contribution in [1.29, 1.82) is 0 Å². The van der Waals surface area contributed by atoms with Gasteiger partial charge in [-0.3, -0.25) is 14.9 Å². The first-order chi connectivity index (χ1) is 14.8. The Bertz CT molecular complexity index is 1280. The zero-order valence-corrected chi connectivity index (χ0v) is 18.2. The molecule has 1 aromatic heterocycles. The Hall–Kier alpha value is -3.06. The number of halogens is 3. The van der Waals surface area contributed by atoms with E-state index in [2.05, 4.69) is 5.32 Å².